The van der Waals surface area contributed by atoms with Gasteiger partial charge in [-0.2, -0.15) is 13.2 Å². The first kappa shape index (κ1) is 13.7. The highest BCUT2D eigenvalue weighted by molar-refractivity contribution is 7.99. The largest absolute Gasteiger partial charge is 0.416 e. The molecule has 0 saturated heterocycles. The monoisotopic (exact) mass is 285 g/mol. The van der Waals surface area contributed by atoms with E-state index >= 15 is 0 Å². The lowest BCUT2D eigenvalue weighted by Crippen LogP contribution is -2.07. The Morgan fingerprint density at radius 3 is 2.42 bits per heavy atom. The van der Waals surface area contributed by atoms with Gasteiger partial charge in [-0.15, -0.1) is 0 Å². The molecule has 0 atom stereocenters. The van der Waals surface area contributed by atoms with Crippen molar-refractivity contribution >= 4 is 17.6 Å². The molecule has 2 aromatic rings. The van der Waals surface area contributed by atoms with Crippen LogP contribution < -0.4 is 5.32 Å². The molecule has 2 aromatic heterocycles. The number of halogens is 3. The highest BCUT2D eigenvalue weighted by Gasteiger charge is 2.31. The van der Waals surface area contributed by atoms with E-state index in [-0.39, 0.29) is 10.8 Å². The molecule has 3 nitrogen and oxygen atoms in total. The molecule has 0 saturated carbocycles. The Hall–Kier alpha value is -1.76. The van der Waals surface area contributed by atoms with Crippen LogP contribution in [0.25, 0.3) is 0 Å². The normalized spacial score (nSPS) is 11.4. The Labute approximate surface area is 112 Å². The predicted octanol–water partition coefficient (Wildman–Crippen LogP) is 3.69. The molecule has 0 bridgehead atoms. The molecule has 0 aliphatic rings. The third-order valence-electron chi connectivity index (χ3n) is 2.26. The molecule has 7 heteroatoms. The van der Waals surface area contributed by atoms with Crippen LogP contribution in [0.4, 0.5) is 19.0 Å². The summed E-state index contributed by atoms with van der Waals surface area (Å²) in [5, 5.41) is 2.91. The van der Waals surface area contributed by atoms with E-state index in [0.29, 0.717) is 0 Å². The number of rotatable bonds is 3. The van der Waals surface area contributed by atoms with Crippen LogP contribution in [0.1, 0.15) is 5.56 Å². The minimum atomic E-state index is -4.39. The SMILES string of the molecule is CNc1cc(C(F)(F)F)cc(Sc2ccncc2)n1. The fourth-order valence-electron chi connectivity index (χ4n) is 1.38. The third kappa shape index (κ3) is 3.60. The van der Waals surface area contributed by atoms with Gasteiger partial charge in [-0.1, -0.05) is 11.8 Å². The van der Waals surface area contributed by atoms with Gasteiger partial charge in [0.25, 0.3) is 0 Å². The van der Waals surface area contributed by atoms with Gasteiger partial charge < -0.3 is 5.32 Å². The van der Waals surface area contributed by atoms with E-state index in [4.69, 9.17) is 0 Å². The smallest absolute Gasteiger partial charge is 0.373 e. The van der Waals surface area contributed by atoms with Crippen LogP contribution in [0.3, 0.4) is 0 Å². The maximum Gasteiger partial charge on any atom is 0.416 e. The fourth-order valence-corrected chi connectivity index (χ4v) is 2.21. The molecule has 0 fully saturated rings. The highest BCUT2D eigenvalue weighted by Crippen LogP contribution is 2.34. The first-order valence-electron chi connectivity index (χ1n) is 5.34. The lowest BCUT2D eigenvalue weighted by Gasteiger charge is -2.10. The summed E-state index contributed by atoms with van der Waals surface area (Å²) in [4.78, 5) is 8.72. The summed E-state index contributed by atoms with van der Waals surface area (Å²) < 4.78 is 38.2. The Bertz CT molecular complexity index is 558. The molecular formula is C12H10F3N3S. The number of nitrogens with zero attached hydrogens (tertiary/aromatic N) is 2. The first-order chi connectivity index (χ1) is 8.99. The zero-order valence-electron chi connectivity index (χ0n) is 9.90. The van der Waals surface area contributed by atoms with E-state index in [9.17, 15) is 13.2 Å². The zero-order chi connectivity index (χ0) is 13.9. The van der Waals surface area contributed by atoms with Crippen LogP contribution in [0, 0.1) is 0 Å². The molecule has 0 aromatic carbocycles. The van der Waals surface area contributed by atoms with Crippen LogP contribution >= 0.6 is 11.8 Å². The van der Waals surface area contributed by atoms with E-state index in [1.165, 1.54) is 7.05 Å². The van der Waals surface area contributed by atoms with E-state index in [1.807, 2.05) is 0 Å². The third-order valence-corrected chi connectivity index (χ3v) is 3.18. The van der Waals surface area contributed by atoms with Gasteiger partial charge in [0.05, 0.1) is 5.56 Å². The predicted molar refractivity (Wildman–Crippen MR) is 67.1 cm³/mol. The summed E-state index contributed by atoms with van der Waals surface area (Å²) in [6.07, 6.45) is -1.23. The first-order valence-corrected chi connectivity index (χ1v) is 6.15. The van der Waals surface area contributed by atoms with Crippen molar-refractivity contribution in [2.24, 2.45) is 0 Å². The number of pyridine rings is 2. The second-order valence-electron chi connectivity index (χ2n) is 3.61. The standard InChI is InChI=1S/C12H10F3N3S/c1-16-10-6-8(12(13,14)15)7-11(18-10)19-9-2-4-17-5-3-9/h2-7H,1H3,(H,16,18). The van der Waals surface area contributed by atoms with Crippen molar-refractivity contribution in [2.45, 2.75) is 16.1 Å². The lowest BCUT2D eigenvalue weighted by molar-refractivity contribution is -0.137. The summed E-state index contributed by atoms with van der Waals surface area (Å²) in [6, 6.07) is 5.44. The number of anilines is 1. The molecule has 0 aliphatic heterocycles. The van der Waals surface area contributed by atoms with Crippen molar-refractivity contribution in [1.82, 2.24) is 9.97 Å². The van der Waals surface area contributed by atoms with E-state index < -0.39 is 11.7 Å². The molecule has 2 heterocycles. The summed E-state index contributed by atoms with van der Waals surface area (Å²) in [5.41, 5.74) is -0.719. The molecule has 0 spiro atoms. The molecular weight excluding hydrogens is 275 g/mol. The molecule has 0 radical (unpaired) electrons. The summed E-state index contributed by atoms with van der Waals surface area (Å²) in [5.74, 6) is 0.186. The van der Waals surface area contributed by atoms with Crippen molar-refractivity contribution in [3.05, 3.63) is 42.2 Å². The van der Waals surface area contributed by atoms with Gasteiger partial charge in [0, 0.05) is 24.3 Å². The highest BCUT2D eigenvalue weighted by atomic mass is 32.2. The van der Waals surface area contributed by atoms with Crippen molar-refractivity contribution in [3.63, 3.8) is 0 Å². The number of nitrogens with one attached hydrogen (secondary N) is 1. The molecule has 0 aliphatic carbocycles. The van der Waals surface area contributed by atoms with Gasteiger partial charge in [0.1, 0.15) is 10.8 Å². The van der Waals surface area contributed by atoms with Crippen molar-refractivity contribution in [1.29, 1.82) is 0 Å². The second-order valence-corrected chi connectivity index (χ2v) is 4.71. The minimum absolute atomic E-state index is 0.186. The fraction of sp³-hybridized carbons (Fsp3) is 0.167. The summed E-state index contributed by atoms with van der Waals surface area (Å²) in [6.45, 7) is 0. The molecule has 100 valence electrons. The quantitative estimate of drug-likeness (QED) is 0.933. The van der Waals surface area contributed by atoms with Crippen LogP contribution in [0.15, 0.2) is 46.6 Å². The van der Waals surface area contributed by atoms with Gasteiger partial charge in [0.2, 0.25) is 0 Å². The van der Waals surface area contributed by atoms with Gasteiger partial charge in [-0.05, 0) is 24.3 Å². The number of hydrogen-bond acceptors (Lipinski definition) is 4. The molecule has 0 amide bonds. The summed E-state index contributed by atoms with van der Waals surface area (Å²) >= 11 is 1.16. The second kappa shape index (κ2) is 5.48. The van der Waals surface area contributed by atoms with Crippen LogP contribution in [-0.2, 0) is 6.18 Å². The maximum atomic E-state index is 12.7. The maximum absolute atomic E-state index is 12.7. The molecule has 0 unspecified atom stereocenters. The van der Waals surface area contributed by atoms with Gasteiger partial charge in [-0.3, -0.25) is 4.98 Å². The molecule has 1 N–H and O–H groups in total. The molecule has 19 heavy (non-hydrogen) atoms. The Kier molecular flexibility index (Phi) is 3.94. The van der Waals surface area contributed by atoms with E-state index in [2.05, 4.69) is 15.3 Å². The van der Waals surface area contributed by atoms with E-state index in [1.54, 1.807) is 24.5 Å². The minimum Gasteiger partial charge on any atom is -0.373 e. The number of hydrogen-bond donors (Lipinski definition) is 1. The van der Waals surface area contributed by atoms with Crippen molar-refractivity contribution in [3.8, 4) is 0 Å². The number of alkyl halides is 3. The molecule has 2 rings (SSSR count). The number of aromatic nitrogens is 2. The lowest BCUT2D eigenvalue weighted by atomic mass is 10.2. The topological polar surface area (TPSA) is 37.8 Å². The van der Waals surface area contributed by atoms with Gasteiger partial charge >= 0.3 is 6.18 Å². The van der Waals surface area contributed by atoms with Crippen LogP contribution in [0.2, 0.25) is 0 Å². The van der Waals surface area contributed by atoms with Crippen molar-refractivity contribution in [2.75, 3.05) is 12.4 Å². The van der Waals surface area contributed by atoms with Crippen LogP contribution in [0.5, 0.6) is 0 Å². The van der Waals surface area contributed by atoms with Gasteiger partial charge in [-0.25, -0.2) is 4.98 Å². The van der Waals surface area contributed by atoms with Crippen molar-refractivity contribution < 1.29 is 13.2 Å². The van der Waals surface area contributed by atoms with E-state index in [0.717, 1.165) is 28.8 Å². The Morgan fingerprint density at radius 2 is 1.84 bits per heavy atom. The Balaban J connectivity index is 2.35. The Morgan fingerprint density at radius 1 is 1.16 bits per heavy atom. The zero-order valence-corrected chi connectivity index (χ0v) is 10.7. The van der Waals surface area contributed by atoms with Crippen LogP contribution in [-0.4, -0.2) is 17.0 Å². The average molecular weight is 285 g/mol. The van der Waals surface area contributed by atoms with Gasteiger partial charge in [0.15, 0.2) is 0 Å². The average Bonchev–Trinajstić information content (AvgIpc) is 2.38. The summed E-state index contributed by atoms with van der Waals surface area (Å²) in [7, 11) is 1.53.